The van der Waals surface area contributed by atoms with Crippen LogP contribution in [0.5, 0.6) is 0 Å². The molecule has 2 aromatic carbocycles. The zero-order valence-electron chi connectivity index (χ0n) is 15.1. The SMILES string of the molecule is CCc1ccc(/C=N\NC(=O)c2cccn(Cc3ccccc3)c2=O)cc1. The number of aryl methyl sites for hydroxylation is 1. The molecule has 3 aromatic rings. The van der Waals surface area contributed by atoms with Gasteiger partial charge in [0.15, 0.2) is 0 Å². The molecule has 1 amide bonds. The summed E-state index contributed by atoms with van der Waals surface area (Å²) < 4.78 is 1.51. The minimum absolute atomic E-state index is 0.0620. The van der Waals surface area contributed by atoms with Crippen LogP contribution in [0.1, 0.15) is 34.0 Å². The van der Waals surface area contributed by atoms with Crippen LogP contribution in [0.2, 0.25) is 0 Å². The summed E-state index contributed by atoms with van der Waals surface area (Å²) in [5.41, 5.74) is 5.24. The average Bonchev–Trinajstić information content (AvgIpc) is 2.71. The van der Waals surface area contributed by atoms with Gasteiger partial charge in [-0.15, -0.1) is 0 Å². The minimum atomic E-state index is -0.524. The average molecular weight is 359 g/mol. The van der Waals surface area contributed by atoms with Gasteiger partial charge in [-0.05, 0) is 35.2 Å². The quantitative estimate of drug-likeness (QED) is 0.542. The van der Waals surface area contributed by atoms with Gasteiger partial charge in [0, 0.05) is 6.20 Å². The Balaban J connectivity index is 1.70. The van der Waals surface area contributed by atoms with Crippen molar-refractivity contribution in [1.29, 1.82) is 0 Å². The van der Waals surface area contributed by atoms with Crippen LogP contribution in [-0.2, 0) is 13.0 Å². The van der Waals surface area contributed by atoms with Gasteiger partial charge in [-0.1, -0.05) is 61.5 Å². The van der Waals surface area contributed by atoms with Crippen LogP contribution in [0.15, 0.2) is 82.8 Å². The first-order chi connectivity index (χ1) is 13.2. The summed E-state index contributed by atoms with van der Waals surface area (Å²) in [4.78, 5) is 24.9. The van der Waals surface area contributed by atoms with E-state index in [-0.39, 0.29) is 11.1 Å². The van der Waals surface area contributed by atoms with E-state index in [0.717, 1.165) is 17.5 Å². The normalized spacial score (nSPS) is 10.9. The number of nitrogens with zero attached hydrogens (tertiary/aromatic N) is 2. The molecule has 0 bridgehead atoms. The Hall–Kier alpha value is -3.47. The zero-order valence-corrected chi connectivity index (χ0v) is 15.1. The van der Waals surface area contributed by atoms with Crippen LogP contribution >= 0.6 is 0 Å². The number of hydrogen-bond acceptors (Lipinski definition) is 3. The molecule has 1 aromatic heterocycles. The van der Waals surface area contributed by atoms with Gasteiger partial charge in [0.2, 0.25) is 0 Å². The summed E-state index contributed by atoms with van der Waals surface area (Å²) in [6, 6.07) is 20.7. The molecule has 1 heterocycles. The molecule has 5 heteroatoms. The maximum Gasteiger partial charge on any atom is 0.276 e. The number of benzene rings is 2. The van der Waals surface area contributed by atoms with Crippen molar-refractivity contribution in [2.75, 3.05) is 0 Å². The number of amides is 1. The van der Waals surface area contributed by atoms with Gasteiger partial charge >= 0.3 is 0 Å². The van der Waals surface area contributed by atoms with Gasteiger partial charge in [0.25, 0.3) is 11.5 Å². The number of hydrogen-bond donors (Lipinski definition) is 1. The van der Waals surface area contributed by atoms with E-state index in [4.69, 9.17) is 0 Å². The predicted molar refractivity (Wildman–Crippen MR) is 107 cm³/mol. The van der Waals surface area contributed by atoms with Crippen molar-refractivity contribution in [3.63, 3.8) is 0 Å². The highest BCUT2D eigenvalue weighted by Crippen LogP contribution is 2.03. The first-order valence-electron chi connectivity index (χ1n) is 8.83. The van der Waals surface area contributed by atoms with E-state index in [2.05, 4.69) is 17.5 Å². The zero-order chi connectivity index (χ0) is 19.1. The van der Waals surface area contributed by atoms with Crippen molar-refractivity contribution >= 4 is 12.1 Å². The number of nitrogens with one attached hydrogen (secondary N) is 1. The van der Waals surface area contributed by atoms with Crippen molar-refractivity contribution in [2.24, 2.45) is 5.10 Å². The Bertz CT molecular complexity index is 990. The van der Waals surface area contributed by atoms with E-state index in [1.54, 1.807) is 18.5 Å². The van der Waals surface area contributed by atoms with Gasteiger partial charge in [-0.25, -0.2) is 5.43 Å². The summed E-state index contributed by atoms with van der Waals surface area (Å²) in [6.45, 7) is 2.50. The summed E-state index contributed by atoms with van der Waals surface area (Å²) in [5.74, 6) is -0.524. The van der Waals surface area contributed by atoms with Crippen LogP contribution in [0.3, 0.4) is 0 Å². The van der Waals surface area contributed by atoms with Crippen molar-refractivity contribution in [2.45, 2.75) is 19.9 Å². The van der Waals surface area contributed by atoms with Crippen LogP contribution in [-0.4, -0.2) is 16.7 Å². The largest absolute Gasteiger partial charge is 0.310 e. The Morgan fingerprint density at radius 1 is 1.00 bits per heavy atom. The molecule has 0 radical (unpaired) electrons. The molecule has 0 aliphatic rings. The standard InChI is InChI=1S/C22H21N3O2/c1-2-17-10-12-18(13-11-17)15-23-24-21(26)20-9-6-14-25(22(20)27)16-19-7-4-3-5-8-19/h3-15H,2,16H2,1H3,(H,24,26)/b23-15-. The highest BCUT2D eigenvalue weighted by Gasteiger charge is 2.11. The molecule has 0 aliphatic carbocycles. The van der Waals surface area contributed by atoms with Gasteiger partial charge in [-0.2, -0.15) is 5.10 Å². The highest BCUT2D eigenvalue weighted by atomic mass is 16.2. The Morgan fingerprint density at radius 2 is 1.74 bits per heavy atom. The lowest BCUT2D eigenvalue weighted by Crippen LogP contribution is -2.30. The van der Waals surface area contributed by atoms with Crippen LogP contribution in [0.25, 0.3) is 0 Å². The van der Waals surface area contributed by atoms with Crippen LogP contribution in [0, 0.1) is 0 Å². The summed E-state index contributed by atoms with van der Waals surface area (Å²) >= 11 is 0. The molecule has 136 valence electrons. The maximum absolute atomic E-state index is 12.6. The first kappa shape index (κ1) is 18.3. The van der Waals surface area contributed by atoms with Gasteiger partial charge in [0.1, 0.15) is 5.56 Å². The molecule has 0 saturated carbocycles. The predicted octanol–water partition coefficient (Wildman–Crippen LogP) is 3.22. The maximum atomic E-state index is 12.6. The lowest BCUT2D eigenvalue weighted by Gasteiger charge is -2.07. The number of aromatic nitrogens is 1. The molecule has 0 aliphatic heterocycles. The van der Waals surface area contributed by atoms with E-state index in [1.165, 1.54) is 16.2 Å². The molecule has 0 atom stereocenters. The van der Waals surface area contributed by atoms with Crippen molar-refractivity contribution in [3.05, 3.63) is 106 Å². The Kier molecular flexibility index (Phi) is 5.94. The Morgan fingerprint density at radius 3 is 2.44 bits per heavy atom. The van der Waals surface area contributed by atoms with Crippen molar-refractivity contribution in [3.8, 4) is 0 Å². The van der Waals surface area contributed by atoms with E-state index in [0.29, 0.717) is 6.54 Å². The minimum Gasteiger partial charge on any atom is -0.310 e. The fraction of sp³-hybridized carbons (Fsp3) is 0.136. The first-order valence-corrected chi connectivity index (χ1v) is 8.83. The smallest absolute Gasteiger partial charge is 0.276 e. The monoisotopic (exact) mass is 359 g/mol. The van der Waals surface area contributed by atoms with Gasteiger partial charge in [0.05, 0.1) is 12.8 Å². The van der Waals surface area contributed by atoms with Gasteiger partial charge in [-0.3, -0.25) is 9.59 Å². The molecule has 5 nitrogen and oxygen atoms in total. The molecule has 3 rings (SSSR count). The van der Waals surface area contributed by atoms with Crippen molar-refractivity contribution < 1.29 is 4.79 Å². The third kappa shape index (κ3) is 4.79. The Labute approximate surface area is 158 Å². The number of rotatable bonds is 6. The lowest BCUT2D eigenvalue weighted by atomic mass is 10.1. The molecule has 27 heavy (non-hydrogen) atoms. The van der Waals surface area contributed by atoms with E-state index in [1.807, 2.05) is 54.6 Å². The third-order valence-electron chi connectivity index (χ3n) is 4.23. The third-order valence-corrected chi connectivity index (χ3v) is 4.23. The summed E-state index contributed by atoms with van der Waals surface area (Å²) in [7, 11) is 0. The van der Waals surface area contributed by atoms with E-state index < -0.39 is 5.91 Å². The lowest BCUT2D eigenvalue weighted by molar-refractivity contribution is 0.0953. The van der Waals surface area contributed by atoms with Crippen LogP contribution < -0.4 is 11.0 Å². The second-order valence-electron chi connectivity index (χ2n) is 6.13. The number of carbonyl (C=O) groups is 1. The fourth-order valence-electron chi connectivity index (χ4n) is 2.68. The molecule has 0 spiro atoms. The molecule has 0 saturated heterocycles. The molecular weight excluding hydrogens is 338 g/mol. The second kappa shape index (κ2) is 8.76. The number of pyridine rings is 1. The number of hydrazone groups is 1. The molecular formula is C22H21N3O2. The molecule has 0 unspecified atom stereocenters. The van der Waals surface area contributed by atoms with Crippen LogP contribution in [0.4, 0.5) is 0 Å². The van der Waals surface area contributed by atoms with Gasteiger partial charge < -0.3 is 4.57 Å². The molecule has 1 N–H and O–H groups in total. The number of carbonyl (C=O) groups excluding carboxylic acids is 1. The highest BCUT2D eigenvalue weighted by molar-refractivity contribution is 5.94. The summed E-state index contributed by atoms with van der Waals surface area (Å²) in [5, 5.41) is 3.96. The summed E-state index contributed by atoms with van der Waals surface area (Å²) in [6.07, 6.45) is 4.20. The van der Waals surface area contributed by atoms with Crippen molar-refractivity contribution in [1.82, 2.24) is 9.99 Å². The van der Waals surface area contributed by atoms with E-state index >= 15 is 0 Å². The second-order valence-corrected chi connectivity index (χ2v) is 6.13. The molecule has 0 fully saturated rings. The topological polar surface area (TPSA) is 63.5 Å². The fourth-order valence-corrected chi connectivity index (χ4v) is 2.68. The van der Waals surface area contributed by atoms with E-state index in [9.17, 15) is 9.59 Å².